The monoisotopic (exact) mass is 541 g/mol. The van der Waals surface area contributed by atoms with Gasteiger partial charge in [-0.2, -0.15) is 0 Å². The average Bonchev–Trinajstić information content (AvgIpc) is 3.39. The molecule has 0 saturated heterocycles. The van der Waals surface area contributed by atoms with Crippen LogP contribution in [0.1, 0.15) is 21.5 Å². The summed E-state index contributed by atoms with van der Waals surface area (Å²) in [5, 5.41) is 13.3. The highest BCUT2D eigenvalue weighted by Gasteiger charge is 2.17. The van der Waals surface area contributed by atoms with Crippen molar-refractivity contribution in [3.63, 3.8) is 0 Å². The Kier molecular flexibility index (Phi) is 8.01. The maximum Gasteiger partial charge on any atom is 0.251 e. The maximum absolute atomic E-state index is 12.7. The van der Waals surface area contributed by atoms with Crippen molar-refractivity contribution in [2.24, 2.45) is 0 Å². The third-order valence-electron chi connectivity index (χ3n) is 5.79. The van der Waals surface area contributed by atoms with Crippen molar-refractivity contribution >= 4 is 29.3 Å². The second-order valence-electron chi connectivity index (χ2n) is 8.38. The highest BCUT2D eigenvalue weighted by molar-refractivity contribution is 7.98. The highest BCUT2D eigenvalue weighted by Crippen LogP contribution is 2.32. The third kappa shape index (κ3) is 6.04. The summed E-state index contributed by atoms with van der Waals surface area (Å²) in [6, 6.07) is 26.6. The van der Waals surface area contributed by atoms with Crippen LogP contribution < -0.4 is 10.1 Å². The van der Waals surface area contributed by atoms with E-state index in [2.05, 4.69) is 20.5 Å². The molecule has 5 rings (SSSR count). The number of pyridine rings is 1. The summed E-state index contributed by atoms with van der Waals surface area (Å²) in [6.45, 7) is 0.441. The average molecular weight is 542 g/mol. The van der Waals surface area contributed by atoms with Crippen molar-refractivity contribution in [1.29, 1.82) is 0 Å². The molecule has 1 amide bonds. The van der Waals surface area contributed by atoms with Crippen molar-refractivity contribution in [2.45, 2.75) is 17.5 Å². The Morgan fingerprint density at radius 3 is 2.58 bits per heavy atom. The van der Waals surface area contributed by atoms with Gasteiger partial charge in [0.05, 0.1) is 12.8 Å². The number of nitrogens with one attached hydrogen (secondary N) is 1. The van der Waals surface area contributed by atoms with Crippen LogP contribution >= 0.6 is 23.4 Å². The normalized spacial score (nSPS) is 10.8. The topological polar surface area (TPSA) is 81.9 Å². The minimum atomic E-state index is -0.129. The zero-order valence-electron chi connectivity index (χ0n) is 20.5. The smallest absolute Gasteiger partial charge is 0.251 e. The molecule has 2 aromatic heterocycles. The molecule has 0 spiro atoms. The molecule has 0 aliphatic heterocycles. The largest absolute Gasteiger partial charge is 0.497 e. The number of thioether (sulfide) groups is 1. The number of nitrogens with zero attached hydrogens (tertiary/aromatic N) is 4. The van der Waals surface area contributed by atoms with E-state index in [1.165, 1.54) is 11.8 Å². The van der Waals surface area contributed by atoms with Gasteiger partial charge in [0.2, 0.25) is 0 Å². The first-order valence-electron chi connectivity index (χ1n) is 11.9. The number of methoxy groups -OCH3 is 1. The molecule has 0 bridgehead atoms. The van der Waals surface area contributed by atoms with E-state index in [4.69, 9.17) is 16.3 Å². The first kappa shape index (κ1) is 25.5. The zero-order valence-corrected chi connectivity index (χ0v) is 22.1. The molecule has 0 radical (unpaired) electrons. The fourth-order valence-electron chi connectivity index (χ4n) is 3.90. The summed E-state index contributed by atoms with van der Waals surface area (Å²) < 4.78 is 7.39. The fraction of sp³-hybridized carbons (Fsp3) is 0.103. The zero-order chi connectivity index (χ0) is 26.3. The highest BCUT2D eigenvalue weighted by atomic mass is 35.5. The van der Waals surface area contributed by atoms with Crippen molar-refractivity contribution in [3.05, 3.63) is 119 Å². The SMILES string of the molecule is COc1cccc(-c2nnc(SCc3cccc(C(=O)NCc4ccncc4)c3)n2-c2cccc(Cl)c2)c1. The van der Waals surface area contributed by atoms with E-state index in [0.717, 1.165) is 28.1 Å². The number of amides is 1. The van der Waals surface area contributed by atoms with Crippen molar-refractivity contribution in [2.75, 3.05) is 7.11 Å². The van der Waals surface area contributed by atoms with Gasteiger partial charge in [-0.15, -0.1) is 10.2 Å². The molecule has 9 heteroatoms. The maximum atomic E-state index is 12.7. The summed E-state index contributed by atoms with van der Waals surface area (Å²) in [5.41, 5.74) is 4.32. The molecule has 3 aromatic carbocycles. The van der Waals surface area contributed by atoms with Crippen LogP contribution in [0.4, 0.5) is 0 Å². The molecule has 2 heterocycles. The summed E-state index contributed by atoms with van der Waals surface area (Å²) in [4.78, 5) is 16.8. The van der Waals surface area contributed by atoms with Crippen LogP contribution in [-0.2, 0) is 12.3 Å². The standard InChI is InChI=1S/C29H24ClN5O2S/c1-37-26-10-3-6-22(16-26)27-33-34-29(35(27)25-9-4-8-24(30)17-25)38-19-21-5-2-7-23(15-21)28(36)32-18-20-11-13-31-14-12-20/h2-17H,18-19H2,1H3,(H,32,36). The fourth-order valence-corrected chi connectivity index (χ4v) is 4.98. The predicted molar refractivity (Wildman–Crippen MR) is 150 cm³/mol. The Morgan fingerprint density at radius 2 is 1.76 bits per heavy atom. The van der Waals surface area contributed by atoms with Gasteiger partial charge in [-0.3, -0.25) is 14.3 Å². The number of hydrogen-bond acceptors (Lipinski definition) is 6. The third-order valence-corrected chi connectivity index (χ3v) is 7.02. The second-order valence-corrected chi connectivity index (χ2v) is 9.76. The minimum absolute atomic E-state index is 0.129. The lowest BCUT2D eigenvalue weighted by Gasteiger charge is -2.12. The van der Waals surface area contributed by atoms with E-state index >= 15 is 0 Å². The molecule has 1 N–H and O–H groups in total. The van der Waals surface area contributed by atoms with Gasteiger partial charge in [0.15, 0.2) is 11.0 Å². The van der Waals surface area contributed by atoms with Crippen molar-refractivity contribution in [1.82, 2.24) is 25.1 Å². The first-order chi connectivity index (χ1) is 18.6. The van der Waals surface area contributed by atoms with Gasteiger partial charge in [0.25, 0.3) is 5.91 Å². The van der Waals surface area contributed by atoms with Crippen LogP contribution in [0.2, 0.25) is 5.02 Å². The van der Waals surface area contributed by atoms with Crippen LogP contribution in [0.25, 0.3) is 17.1 Å². The minimum Gasteiger partial charge on any atom is -0.497 e. The lowest BCUT2D eigenvalue weighted by atomic mass is 10.1. The summed E-state index contributed by atoms with van der Waals surface area (Å²) in [7, 11) is 1.63. The number of rotatable bonds is 9. The van der Waals surface area contributed by atoms with Gasteiger partial charge >= 0.3 is 0 Å². The number of hydrogen-bond donors (Lipinski definition) is 1. The lowest BCUT2D eigenvalue weighted by Crippen LogP contribution is -2.22. The van der Waals surface area contributed by atoms with E-state index in [1.54, 1.807) is 19.5 Å². The molecular weight excluding hydrogens is 518 g/mol. The Labute approximate surface area is 229 Å². The van der Waals surface area contributed by atoms with Crippen molar-refractivity contribution < 1.29 is 9.53 Å². The molecule has 0 aliphatic carbocycles. The molecule has 0 aliphatic rings. The van der Waals surface area contributed by atoms with Crippen LogP contribution in [0.5, 0.6) is 5.75 Å². The number of ether oxygens (including phenoxy) is 1. The summed E-state index contributed by atoms with van der Waals surface area (Å²) >= 11 is 7.86. The van der Waals surface area contributed by atoms with E-state index in [1.807, 2.05) is 89.5 Å². The number of halogens is 1. The Morgan fingerprint density at radius 1 is 0.947 bits per heavy atom. The van der Waals surface area contributed by atoms with E-state index < -0.39 is 0 Å². The lowest BCUT2D eigenvalue weighted by molar-refractivity contribution is 0.0951. The predicted octanol–water partition coefficient (Wildman–Crippen LogP) is 6.21. The van der Waals surface area contributed by atoms with Crippen LogP contribution in [0, 0.1) is 0 Å². The molecule has 38 heavy (non-hydrogen) atoms. The molecule has 5 aromatic rings. The van der Waals surface area contributed by atoms with Crippen LogP contribution in [0.15, 0.2) is 102 Å². The quantitative estimate of drug-likeness (QED) is 0.223. The van der Waals surface area contributed by atoms with Gasteiger partial charge < -0.3 is 10.1 Å². The number of aromatic nitrogens is 4. The van der Waals surface area contributed by atoms with Crippen molar-refractivity contribution in [3.8, 4) is 22.8 Å². The molecule has 0 fully saturated rings. The van der Waals surface area contributed by atoms with Gasteiger partial charge in [-0.1, -0.05) is 53.7 Å². The Hall–Kier alpha value is -4.14. The van der Waals surface area contributed by atoms with Crippen LogP contribution in [-0.4, -0.2) is 32.8 Å². The molecular formula is C29H24ClN5O2S. The van der Waals surface area contributed by atoms with Crippen LogP contribution in [0.3, 0.4) is 0 Å². The molecule has 0 saturated carbocycles. The Bertz CT molecular complexity index is 1560. The first-order valence-corrected chi connectivity index (χ1v) is 13.2. The van der Waals surface area contributed by atoms with E-state index in [0.29, 0.717) is 33.9 Å². The van der Waals surface area contributed by atoms with E-state index in [-0.39, 0.29) is 5.91 Å². The van der Waals surface area contributed by atoms with Gasteiger partial charge in [0.1, 0.15) is 5.75 Å². The molecule has 0 atom stereocenters. The van der Waals surface area contributed by atoms with Gasteiger partial charge in [-0.25, -0.2) is 0 Å². The Balaban J connectivity index is 1.37. The molecule has 190 valence electrons. The molecule has 7 nitrogen and oxygen atoms in total. The number of benzene rings is 3. The second kappa shape index (κ2) is 11.9. The van der Waals surface area contributed by atoms with Gasteiger partial charge in [-0.05, 0) is 65.7 Å². The molecule has 0 unspecified atom stereocenters. The van der Waals surface area contributed by atoms with Gasteiger partial charge in [0, 0.05) is 40.8 Å². The van der Waals surface area contributed by atoms with E-state index in [9.17, 15) is 4.79 Å². The number of carbonyl (C=O) groups excluding carboxylic acids is 1. The summed E-state index contributed by atoms with van der Waals surface area (Å²) in [6.07, 6.45) is 3.42. The summed E-state index contributed by atoms with van der Waals surface area (Å²) in [5.74, 6) is 1.88. The number of carbonyl (C=O) groups is 1.